The number of halogens is 3. The molecule has 0 spiro atoms. The molecule has 0 aliphatic rings. The van der Waals surface area contributed by atoms with Gasteiger partial charge in [0.1, 0.15) is 0 Å². The van der Waals surface area contributed by atoms with E-state index in [1.165, 1.54) is 7.11 Å². The van der Waals surface area contributed by atoms with Gasteiger partial charge in [-0.2, -0.15) is 0 Å². The minimum absolute atomic E-state index is 0. The lowest BCUT2D eigenvalue weighted by molar-refractivity contribution is 0.322. The predicted molar refractivity (Wildman–Crippen MR) is 83.7 cm³/mol. The first-order valence-corrected chi connectivity index (χ1v) is 6.79. The van der Waals surface area contributed by atoms with Crippen LogP contribution in [0, 0.1) is 5.41 Å². The van der Waals surface area contributed by atoms with E-state index < -0.39 is 0 Å². The third kappa shape index (κ3) is 3.53. The Morgan fingerprint density at radius 1 is 1.28 bits per heavy atom. The molecule has 1 rings (SSSR count). The molecule has 0 amide bonds. The monoisotopic (exact) mass is 401 g/mol. The Bertz CT molecular complexity index is 433. The number of methoxy groups -OCH3 is 1. The lowest BCUT2D eigenvalue weighted by Crippen LogP contribution is -2.26. The van der Waals surface area contributed by atoms with E-state index in [1.807, 2.05) is 0 Å². The highest BCUT2D eigenvalue weighted by Crippen LogP contribution is 2.45. The maximum atomic E-state index is 9.84. The fourth-order valence-electron chi connectivity index (χ4n) is 1.46. The molecule has 3 N–H and O–H groups in total. The smallest absolute Gasteiger partial charge is 0.173 e. The highest BCUT2D eigenvalue weighted by Gasteiger charge is 2.27. The van der Waals surface area contributed by atoms with Crippen molar-refractivity contribution in [3.63, 3.8) is 0 Å². The van der Waals surface area contributed by atoms with Crippen molar-refractivity contribution < 1.29 is 9.84 Å². The Kier molecular flexibility index (Phi) is 6.47. The van der Waals surface area contributed by atoms with Crippen LogP contribution in [0.2, 0.25) is 0 Å². The first-order chi connectivity index (χ1) is 7.70. The highest BCUT2D eigenvalue weighted by atomic mass is 79.9. The molecular formula is C12H18Br2ClNO2. The lowest BCUT2D eigenvalue weighted by atomic mass is 9.83. The predicted octanol–water partition coefficient (Wildman–Crippen LogP) is 4.39. The minimum Gasteiger partial charge on any atom is -0.503 e. The van der Waals surface area contributed by atoms with Gasteiger partial charge in [0.15, 0.2) is 11.5 Å². The molecule has 0 unspecified atom stereocenters. The van der Waals surface area contributed by atoms with Gasteiger partial charge < -0.3 is 15.6 Å². The number of ether oxygens (including phenoxy) is 1. The maximum absolute atomic E-state index is 9.84. The maximum Gasteiger partial charge on any atom is 0.173 e. The van der Waals surface area contributed by atoms with Crippen molar-refractivity contribution in [2.45, 2.75) is 26.8 Å². The molecule has 0 saturated carbocycles. The summed E-state index contributed by atoms with van der Waals surface area (Å²) in [5.41, 5.74) is 7.05. The van der Waals surface area contributed by atoms with Crippen LogP contribution in [0.15, 0.2) is 15.0 Å². The molecule has 0 bridgehead atoms. The van der Waals surface area contributed by atoms with Gasteiger partial charge in [0, 0.05) is 10.5 Å². The van der Waals surface area contributed by atoms with Crippen molar-refractivity contribution in [2.75, 3.05) is 7.11 Å². The topological polar surface area (TPSA) is 55.5 Å². The third-order valence-electron chi connectivity index (χ3n) is 2.66. The zero-order valence-corrected chi connectivity index (χ0v) is 14.7. The quantitative estimate of drug-likeness (QED) is 0.770. The Morgan fingerprint density at radius 2 is 1.78 bits per heavy atom. The van der Waals surface area contributed by atoms with E-state index in [9.17, 15) is 5.11 Å². The van der Waals surface area contributed by atoms with Crippen molar-refractivity contribution in [1.82, 2.24) is 0 Å². The number of nitrogens with two attached hydrogens (primary N) is 1. The second-order valence-corrected chi connectivity index (χ2v) is 6.57. The van der Waals surface area contributed by atoms with E-state index in [-0.39, 0.29) is 29.6 Å². The zero-order valence-electron chi connectivity index (χ0n) is 10.8. The molecule has 3 nitrogen and oxygen atoms in total. The number of rotatable bonds is 2. The van der Waals surface area contributed by atoms with Gasteiger partial charge in [-0.3, -0.25) is 0 Å². The van der Waals surface area contributed by atoms with Gasteiger partial charge in [-0.25, -0.2) is 0 Å². The Morgan fingerprint density at radius 3 is 2.17 bits per heavy atom. The standard InChI is InChI=1S/C12H17Br2NO2.ClH/c1-12(2,3)11(15)6-5-7(17-4)10(16)9(14)8(6)13;/h5,11,16H,15H2,1-4H3;1H/t11-;/m0./s1. The van der Waals surface area contributed by atoms with E-state index in [0.717, 1.165) is 10.0 Å². The number of hydrogen-bond donors (Lipinski definition) is 2. The van der Waals surface area contributed by atoms with Gasteiger partial charge >= 0.3 is 0 Å². The van der Waals surface area contributed by atoms with Gasteiger partial charge in [-0.15, -0.1) is 12.4 Å². The first kappa shape index (κ1) is 18.0. The molecule has 0 fully saturated rings. The van der Waals surface area contributed by atoms with Crippen molar-refractivity contribution in [1.29, 1.82) is 0 Å². The van der Waals surface area contributed by atoms with E-state index in [4.69, 9.17) is 10.5 Å². The largest absolute Gasteiger partial charge is 0.503 e. The molecule has 0 radical (unpaired) electrons. The van der Waals surface area contributed by atoms with Gasteiger partial charge in [0.05, 0.1) is 11.6 Å². The summed E-state index contributed by atoms with van der Waals surface area (Å²) in [6, 6.07) is 1.60. The van der Waals surface area contributed by atoms with E-state index >= 15 is 0 Å². The summed E-state index contributed by atoms with van der Waals surface area (Å²) in [6.07, 6.45) is 0. The normalized spacial score (nSPS) is 12.8. The highest BCUT2D eigenvalue weighted by molar-refractivity contribution is 9.13. The average molecular weight is 404 g/mol. The van der Waals surface area contributed by atoms with Crippen molar-refractivity contribution in [2.24, 2.45) is 11.1 Å². The Balaban J connectivity index is 0.00000289. The number of hydrogen-bond acceptors (Lipinski definition) is 3. The molecule has 0 saturated heterocycles. The van der Waals surface area contributed by atoms with E-state index in [0.29, 0.717) is 10.2 Å². The van der Waals surface area contributed by atoms with Gasteiger partial charge in [-0.1, -0.05) is 20.8 Å². The number of benzene rings is 1. The summed E-state index contributed by atoms with van der Waals surface area (Å²) in [6.45, 7) is 6.20. The molecule has 0 aliphatic carbocycles. The number of aromatic hydroxyl groups is 1. The van der Waals surface area contributed by atoms with Crippen LogP contribution in [0.3, 0.4) is 0 Å². The van der Waals surface area contributed by atoms with Gasteiger partial charge in [-0.05, 0) is 48.9 Å². The fraction of sp³-hybridized carbons (Fsp3) is 0.500. The lowest BCUT2D eigenvalue weighted by Gasteiger charge is -2.29. The van der Waals surface area contributed by atoms with E-state index in [2.05, 4.69) is 52.6 Å². The summed E-state index contributed by atoms with van der Waals surface area (Å²) in [5, 5.41) is 9.84. The molecule has 104 valence electrons. The summed E-state index contributed by atoms with van der Waals surface area (Å²) in [4.78, 5) is 0. The molecule has 6 heteroatoms. The minimum atomic E-state index is -0.164. The summed E-state index contributed by atoms with van der Waals surface area (Å²) in [5.74, 6) is 0.485. The van der Waals surface area contributed by atoms with Crippen LogP contribution in [0.1, 0.15) is 32.4 Å². The molecule has 1 aromatic rings. The zero-order chi connectivity index (χ0) is 13.4. The van der Waals surface area contributed by atoms with Crippen LogP contribution in [0.4, 0.5) is 0 Å². The summed E-state index contributed by atoms with van der Waals surface area (Å²) in [7, 11) is 1.52. The molecule has 0 aromatic heterocycles. The van der Waals surface area contributed by atoms with Crippen LogP contribution >= 0.6 is 44.3 Å². The van der Waals surface area contributed by atoms with Crippen LogP contribution in [-0.4, -0.2) is 12.2 Å². The molecular weight excluding hydrogens is 385 g/mol. The van der Waals surface area contributed by atoms with Crippen LogP contribution in [0.5, 0.6) is 11.5 Å². The van der Waals surface area contributed by atoms with Crippen LogP contribution in [0.25, 0.3) is 0 Å². The molecule has 1 aromatic carbocycles. The van der Waals surface area contributed by atoms with Crippen LogP contribution in [-0.2, 0) is 0 Å². The van der Waals surface area contributed by atoms with Crippen LogP contribution < -0.4 is 10.5 Å². The molecule has 0 heterocycles. The second-order valence-electron chi connectivity index (χ2n) is 4.99. The fourth-order valence-corrected chi connectivity index (χ4v) is 2.43. The third-order valence-corrected chi connectivity index (χ3v) is 4.82. The SMILES string of the molecule is COc1cc([C@H](N)C(C)(C)C)c(Br)c(Br)c1O.Cl. The first-order valence-electron chi connectivity index (χ1n) is 5.20. The number of phenols is 1. The number of phenolic OH excluding ortho intramolecular Hbond substituents is 1. The van der Waals surface area contributed by atoms with Gasteiger partial charge in [0.2, 0.25) is 0 Å². The molecule has 18 heavy (non-hydrogen) atoms. The summed E-state index contributed by atoms with van der Waals surface area (Å²) < 4.78 is 6.45. The Hall–Kier alpha value is 0.0300. The molecule has 1 atom stereocenters. The van der Waals surface area contributed by atoms with E-state index in [1.54, 1.807) is 6.07 Å². The van der Waals surface area contributed by atoms with Crippen molar-refractivity contribution in [3.05, 3.63) is 20.6 Å². The Labute approximate surface area is 131 Å². The summed E-state index contributed by atoms with van der Waals surface area (Å²) >= 11 is 6.77. The van der Waals surface area contributed by atoms with Crippen molar-refractivity contribution >= 4 is 44.3 Å². The second kappa shape index (κ2) is 6.46. The molecule has 0 aliphatic heterocycles. The average Bonchev–Trinajstić information content (AvgIpc) is 2.24. The van der Waals surface area contributed by atoms with Crippen molar-refractivity contribution in [3.8, 4) is 11.5 Å². The van der Waals surface area contributed by atoms with Gasteiger partial charge in [0.25, 0.3) is 0 Å².